The van der Waals surface area contributed by atoms with Crippen LogP contribution in [0.5, 0.6) is 0 Å². The minimum Gasteiger partial charge on any atom is -0.322 e. The van der Waals surface area contributed by atoms with Crippen LogP contribution in [0.25, 0.3) is 0 Å². The summed E-state index contributed by atoms with van der Waals surface area (Å²) in [5.74, 6) is -0.356. The molecule has 0 atom stereocenters. The molecular formula is C13H8BrCl2NO3S. The predicted molar refractivity (Wildman–Crippen MR) is 86.6 cm³/mol. The Hall–Kier alpha value is -1.08. The molecule has 0 saturated carbocycles. The third-order valence-corrected chi connectivity index (χ3v) is 5.07. The molecule has 21 heavy (non-hydrogen) atoms. The van der Waals surface area contributed by atoms with Crippen molar-refractivity contribution in [3.05, 3.63) is 57.5 Å². The molecule has 0 radical (unpaired) electrons. The van der Waals surface area contributed by atoms with E-state index in [1.165, 1.54) is 24.3 Å². The number of anilines is 1. The molecule has 0 aliphatic heterocycles. The van der Waals surface area contributed by atoms with Crippen LogP contribution in [0.3, 0.4) is 0 Å². The van der Waals surface area contributed by atoms with Crippen molar-refractivity contribution in [2.75, 3.05) is 5.32 Å². The zero-order valence-corrected chi connectivity index (χ0v) is 14.2. The quantitative estimate of drug-likeness (QED) is 0.770. The molecule has 0 aliphatic rings. The Bertz CT molecular complexity index is 809. The molecule has 0 saturated heterocycles. The molecule has 2 rings (SSSR count). The Morgan fingerprint density at radius 1 is 1.14 bits per heavy atom. The topological polar surface area (TPSA) is 63.2 Å². The second-order valence-corrected chi connectivity index (χ2v) is 7.87. The molecule has 0 spiro atoms. The van der Waals surface area contributed by atoms with Crippen LogP contribution in [-0.2, 0) is 9.05 Å². The third kappa shape index (κ3) is 4.20. The molecule has 0 aliphatic carbocycles. The van der Waals surface area contributed by atoms with Gasteiger partial charge in [-0.15, -0.1) is 0 Å². The fourth-order valence-corrected chi connectivity index (χ4v) is 4.02. The van der Waals surface area contributed by atoms with E-state index in [1.54, 1.807) is 18.2 Å². The molecule has 1 N–H and O–H groups in total. The SMILES string of the molecule is O=C(Nc1ccc(S(=O)(=O)Cl)c(Br)c1)c1cccc(Cl)c1. The third-order valence-electron chi connectivity index (χ3n) is 2.54. The van der Waals surface area contributed by atoms with Crippen LogP contribution in [0.15, 0.2) is 51.8 Å². The normalized spacial score (nSPS) is 11.2. The molecule has 0 fully saturated rings. The molecule has 2 aromatic rings. The lowest BCUT2D eigenvalue weighted by Gasteiger charge is -2.07. The van der Waals surface area contributed by atoms with Crippen molar-refractivity contribution in [1.29, 1.82) is 0 Å². The summed E-state index contributed by atoms with van der Waals surface area (Å²) >= 11 is 8.92. The molecule has 0 aromatic heterocycles. The van der Waals surface area contributed by atoms with E-state index in [0.717, 1.165) is 0 Å². The monoisotopic (exact) mass is 407 g/mol. The van der Waals surface area contributed by atoms with E-state index in [0.29, 0.717) is 16.3 Å². The van der Waals surface area contributed by atoms with E-state index in [1.807, 2.05) is 0 Å². The van der Waals surface area contributed by atoms with E-state index in [9.17, 15) is 13.2 Å². The maximum absolute atomic E-state index is 12.0. The minimum atomic E-state index is -3.84. The number of hydrogen-bond donors (Lipinski definition) is 1. The standard InChI is InChI=1S/C13H8BrCl2NO3S/c14-11-7-10(4-5-12(11)21(16,19)20)17-13(18)8-2-1-3-9(15)6-8/h1-7H,(H,17,18). The summed E-state index contributed by atoms with van der Waals surface area (Å²) in [4.78, 5) is 12.0. The van der Waals surface area contributed by atoms with Gasteiger partial charge in [-0.25, -0.2) is 8.42 Å². The van der Waals surface area contributed by atoms with Crippen LogP contribution in [0.4, 0.5) is 5.69 Å². The summed E-state index contributed by atoms with van der Waals surface area (Å²) in [7, 11) is 1.43. The second-order valence-electron chi connectivity index (χ2n) is 4.05. The maximum atomic E-state index is 12.0. The van der Waals surface area contributed by atoms with E-state index in [2.05, 4.69) is 21.2 Å². The largest absolute Gasteiger partial charge is 0.322 e. The lowest BCUT2D eigenvalue weighted by atomic mass is 10.2. The fraction of sp³-hybridized carbons (Fsp3) is 0. The first-order valence-corrected chi connectivity index (χ1v) is 9.06. The van der Waals surface area contributed by atoms with E-state index in [4.69, 9.17) is 22.3 Å². The first kappa shape index (κ1) is 16.3. The number of carbonyl (C=O) groups is 1. The molecule has 0 unspecified atom stereocenters. The van der Waals surface area contributed by atoms with Gasteiger partial charge in [-0.3, -0.25) is 4.79 Å². The van der Waals surface area contributed by atoms with Crippen LogP contribution in [0, 0.1) is 0 Å². The molecular weight excluding hydrogens is 401 g/mol. The zero-order chi connectivity index (χ0) is 15.6. The van der Waals surface area contributed by atoms with Crippen LogP contribution < -0.4 is 5.32 Å². The lowest BCUT2D eigenvalue weighted by molar-refractivity contribution is 0.102. The Morgan fingerprint density at radius 3 is 2.43 bits per heavy atom. The number of rotatable bonds is 3. The Balaban J connectivity index is 2.25. The van der Waals surface area contributed by atoms with Gasteiger partial charge in [-0.1, -0.05) is 17.7 Å². The highest BCUT2D eigenvalue weighted by Gasteiger charge is 2.15. The predicted octanol–water partition coefficient (Wildman–Crippen LogP) is 4.28. The molecule has 4 nitrogen and oxygen atoms in total. The zero-order valence-electron chi connectivity index (χ0n) is 10.3. The highest BCUT2D eigenvalue weighted by Crippen LogP contribution is 2.28. The van der Waals surface area contributed by atoms with Gasteiger partial charge in [0.15, 0.2) is 0 Å². The van der Waals surface area contributed by atoms with Gasteiger partial charge in [0.1, 0.15) is 0 Å². The van der Waals surface area contributed by atoms with Crippen molar-refractivity contribution in [2.45, 2.75) is 4.90 Å². The van der Waals surface area contributed by atoms with Gasteiger partial charge < -0.3 is 5.32 Å². The Labute approximate surface area is 139 Å². The summed E-state index contributed by atoms with van der Waals surface area (Å²) in [6.07, 6.45) is 0. The van der Waals surface area contributed by atoms with Gasteiger partial charge in [0.05, 0.1) is 4.90 Å². The van der Waals surface area contributed by atoms with Gasteiger partial charge in [-0.2, -0.15) is 0 Å². The van der Waals surface area contributed by atoms with Crippen LogP contribution >= 0.6 is 38.2 Å². The average molecular weight is 409 g/mol. The molecule has 8 heteroatoms. The first-order valence-electron chi connectivity index (χ1n) is 5.58. The van der Waals surface area contributed by atoms with Gasteiger partial charge >= 0.3 is 0 Å². The van der Waals surface area contributed by atoms with Crippen molar-refractivity contribution in [3.8, 4) is 0 Å². The number of amides is 1. The number of halogens is 3. The van der Waals surface area contributed by atoms with Crippen molar-refractivity contribution < 1.29 is 13.2 Å². The molecule has 0 bridgehead atoms. The minimum absolute atomic E-state index is 0.0649. The lowest BCUT2D eigenvalue weighted by Crippen LogP contribution is -2.11. The molecule has 2 aromatic carbocycles. The van der Waals surface area contributed by atoms with Gasteiger partial charge in [0, 0.05) is 31.4 Å². The van der Waals surface area contributed by atoms with Crippen LogP contribution in [-0.4, -0.2) is 14.3 Å². The number of carbonyl (C=O) groups excluding carboxylic acids is 1. The highest BCUT2D eigenvalue weighted by molar-refractivity contribution is 9.10. The second kappa shape index (κ2) is 6.36. The Morgan fingerprint density at radius 2 is 1.86 bits per heavy atom. The van der Waals surface area contributed by atoms with Crippen LogP contribution in [0.1, 0.15) is 10.4 Å². The fourth-order valence-electron chi connectivity index (χ4n) is 1.61. The summed E-state index contributed by atoms with van der Waals surface area (Å²) in [6, 6.07) is 10.7. The Kier molecular flexibility index (Phi) is 4.93. The van der Waals surface area contributed by atoms with E-state index < -0.39 is 9.05 Å². The van der Waals surface area contributed by atoms with Crippen molar-refractivity contribution in [2.24, 2.45) is 0 Å². The van der Waals surface area contributed by atoms with Crippen LogP contribution in [0.2, 0.25) is 5.02 Å². The maximum Gasteiger partial charge on any atom is 0.262 e. The van der Waals surface area contributed by atoms with Gasteiger partial charge in [0.25, 0.3) is 15.0 Å². The summed E-state index contributed by atoms with van der Waals surface area (Å²) < 4.78 is 22.8. The molecule has 110 valence electrons. The van der Waals surface area contributed by atoms with E-state index in [-0.39, 0.29) is 15.3 Å². The van der Waals surface area contributed by atoms with Crippen molar-refractivity contribution in [1.82, 2.24) is 0 Å². The average Bonchev–Trinajstić information content (AvgIpc) is 2.37. The molecule has 1 amide bonds. The van der Waals surface area contributed by atoms with Gasteiger partial charge in [0.2, 0.25) is 0 Å². The molecule has 0 heterocycles. The first-order chi connectivity index (χ1) is 9.77. The van der Waals surface area contributed by atoms with E-state index >= 15 is 0 Å². The van der Waals surface area contributed by atoms with Crippen molar-refractivity contribution >= 4 is 58.9 Å². The highest BCUT2D eigenvalue weighted by atomic mass is 79.9. The number of benzene rings is 2. The number of hydrogen-bond acceptors (Lipinski definition) is 3. The summed E-state index contributed by atoms with van der Waals surface area (Å²) in [5, 5.41) is 3.09. The van der Waals surface area contributed by atoms with Gasteiger partial charge in [-0.05, 0) is 52.3 Å². The summed E-state index contributed by atoms with van der Waals surface area (Å²) in [5.41, 5.74) is 0.823. The smallest absolute Gasteiger partial charge is 0.262 e. The summed E-state index contributed by atoms with van der Waals surface area (Å²) in [6.45, 7) is 0. The number of nitrogens with one attached hydrogen (secondary N) is 1. The van der Waals surface area contributed by atoms with Crippen molar-refractivity contribution in [3.63, 3.8) is 0 Å².